The molecule has 0 aliphatic carbocycles. The molecular formula is C17H24N2O. The second kappa shape index (κ2) is 5.57. The standard InChI is InChI=1S/C17H24N2O/c1-12-10-14-7-3-4-8-15(14)19(11-12)17(20)16-13(2)6-5-9-18-16/h3-4,7-8,12-13,16,18H,5-6,9-11H2,1-2H3. The van der Waals surface area contributed by atoms with Gasteiger partial charge in [-0.2, -0.15) is 0 Å². The van der Waals surface area contributed by atoms with Crippen LogP contribution in [-0.2, 0) is 11.2 Å². The summed E-state index contributed by atoms with van der Waals surface area (Å²) in [6.07, 6.45) is 3.40. The lowest BCUT2D eigenvalue weighted by atomic mass is 9.89. The van der Waals surface area contributed by atoms with E-state index < -0.39 is 0 Å². The number of carbonyl (C=O) groups is 1. The number of para-hydroxylation sites is 1. The molecule has 1 fully saturated rings. The van der Waals surface area contributed by atoms with Crippen LogP contribution < -0.4 is 10.2 Å². The summed E-state index contributed by atoms with van der Waals surface area (Å²) >= 11 is 0. The molecule has 20 heavy (non-hydrogen) atoms. The summed E-state index contributed by atoms with van der Waals surface area (Å²) in [5, 5.41) is 3.42. The van der Waals surface area contributed by atoms with Crippen molar-refractivity contribution in [2.24, 2.45) is 11.8 Å². The number of hydrogen-bond donors (Lipinski definition) is 1. The van der Waals surface area contributed by atoms with E-state index in [0.717, 1.165) is 31.6 Å². The van der Waals surface area contributed by atoms with Gasteiger partial charge in [-0.3, -0.25) is 4.79 Å². The molecule has 1 N–H and O–H groups in total. The van der Waals surface area contributed by atoms with E-state index in [9.17, 15) is 4.79 Å². The van der Waals surface area contributed by atoms with Gasteiger partial charge < -0.3 is 10.2 Å². The SMILES string of the molecule is CC1Cc2ccccc2N(C(=O)C2NCCCC2C)C1. The van der Waals surface area contributed by atoms with Crippen molar-refractivity contribution in [1.29, 1.82) is 0 Å². The lowest BCUT2D eigenvalue weighted by molar-refractivity contribution is -0.122. The van der Waals surface area contributed by atoms with E-state index in [4.69, 9.17) is 0 Å². The van der Waals surface area contributed by atoms with E-state index in [1.165, 1.54) is 12.0 Å². The van der Waals surface area contributed by atoms with Gasteiger partial charge in [-0.1, -0.05) is 32.0 Å². The number of rotatable bonds is 1. The summed E-state index contributed by atoms with van der Waals surface area (Å²) in [6.45, 7) is 6.23. The van der Waals surface area contributed by atoms with Crippen molar-refractivity contribution in [3.8, 4) is 0 Å². The molecule has 3 heteroatoms. The van der Waals surface area contributed by atoms with Gasteiger partial charge in [-0.25, -0.2) is 0 Å². The molecular weight excluding hydrogens is 248 g/mol. The molecule has 2 aliphatic rings. The van der Waals surface area contributed by atoms with E-state index in [1.807, 2.05) is 11.0 Å². The van der Waals surface area contributed by atoms with Crippen molar-refractivity contribution in [3.63, 3.8) is 0 Å². The van der Waals surface area contributed by atoms with Crippen LogP contribution in [0.5, 0.6) is 0 Å². The highest BCUT2D eigenvalue weighted by Crippen LogP contribution is 2.31. The van der Waals surface area contributed by atoms with E-state index in [0.29, 0.717) is 11.8 Å². The van der Waals surface area contributed by atoms with E-state index in [-0.39, 0.29) is 11.9 Å². The Morgan fingerprint density at radius 1 is 1.30 bits per heavy atom. The van der Waals surface area contributed by atoms with Crippen LogP contribution in [0.4, 0.5) is 5.69 Å². The Kier molecular flexibility index (Phi) is 3.79. The summed E-state index contributed by atoms with van der Waals surface area (Å²) < 4.78 is 0. The molecule has 0 saturated carbocycles. The summed E-state index contributed by atoms with van der Waals surface area (Å²) in [7, 11) is 0. The lowest BCUT2D eigenvalue weighted by Gasteiger charge is -2.38. The molecule has 2 heterocycles. The molecule has 2 aliphatic heterocycles. The van der Waals surface area contributed by atoms with Crippen molar-refractivity contribution < 1.29 is 4.79 Å². The Morgan fingerprint density at radius 2 is 2.10 bits per heavy atom. The number of piperidine rings is 1. The minimum absolute atomic E-state index is 0.0119. The van der Waals surface area contributed by atoms with E-state index >= 15 is 0 Å². The van der Waals surface area contributed by atoms with Crippen molar-refractivity contribution in [3.05, 3.63) is 29.8 Å². The molecule has 3 rings (SSSR count). The molecule has 0 radical (unpaired) electrons. The van der Waals surface area contributed by atoms with Gasteiger partial charge >= 0.3 is 0 Å². The van der Waals surface area contributed by atoms with Crippen LogP contribution in [-0.4, -0.2) is 25.0 Å². The van der Waals surface area contributed by atoms with Gasteiger partial charge in [0.05, 0.1) is 6.04 Å². The second-order valence-corrected chi connectivity index (χ2v) is 6.44. The molecule has 1 aromatic rings. The maximum absolute atomic E-state index is 12.9. The van der Waals surface area contributed by atoms with Gasteiger partial charge in [0.2, 0.25) is 5.91 Å². The van der Waals surface area contributed by atoms with Crippen molar-refractivity contribution >= 4 is 11.6 Å². The second-order valence-electron chi connectivity index (χ2n) is 6.44. The van der Waals surface area contributed by atoms with Gasteiger partial charge in [0.1, 0.15) is 0 Å². The van der Waals surface area contributed by atoms with Gasteiger partial charge in [0.25, 0.3) is 0 Å². The van der Waals surface area contributed by atoms with Crippen LogP contribution in [0.15, 0.2) is 24.3 Å². The predicted molar refractivity (Wildman–Crippen MR) is 81.9 cm³/mol. The highest BCUT2D eigenvalue weighted by molar-refractivity contribution is 5.98. The van der Waals surface area contributed by atoms with Crippen molar-refractivity contribution in [2.45, 2.75) is 39.2 Å². The fraction of sp³-hybridized carbons (Fsp3) is 0.588. The zero-order valence-electron chi connectivity index (χ0n) is 12.4. The number of benzene rings is 1. The minimum Gasteiger partial charge on any atom is -0.311 e. The fourth-order valence-electron chi connectivity index (χ4n) is 3.55. The van der Waals surface area contributed by atoms with E-state index in [2.05, 4.69) is 37.4 Å². The molecule has 1 saturated heterocycles. The molecule has 108 valence electrons. The predicted octanol–water partition coefficient (Wildman–Crippen LogP) is 2.60. The van der Waals surface area contributed by atoms with Crippen LogP contribution in [0.2, 0.25) is 0 Å². The first-order valence-electron chi connectivity index (χ1n) is 7.79. The molecule has 3 nitrogen and oxygen atoms in total. The van der Waals surface area contributed by atoms with Crippen molar-refractivity contribution in [1.82, 2.24) is 5.32 Å². The van der Waals surface area contributed by atoms with Gasteiger partial charge in [-0.05, 0) is 49.3 Å². The summed E-state index contributed by atoms with van der Waals surface area (Å²) in [5.41, 5.74) is 2.43. The highest BCUT2D eigenvalue weighted by Gasteiger charge is 2.34. The average Bonchev–Trinajstić information content (AvgIpc) is 2.46. The molecule has 0 spiro atoms. The van der Waals surface area contributed by atoms with Crippen LogP contribution >= 0.6 is 0 Å². The maximum Gasteiger partial charge on any atom is 0.244 e. The Labute approximate surface area is 121 Å². The minimum atomic E-state index is -0.0119. The number of carbonyl (C=O) groups excluding carboxylic acids is 1. The summed E-state index contributed by atoms with van der Waals surface area (Å²) in [6, 6.07) is 8.34. The molecule has 0 bridgehead atoms. The van der Waals surface area contributed by atoms with Gasteiger partial charge in [0, 0.05) is 12.2 Å². The first-order chi connectivity index (χ1) is 9.66. The van der Waals surface area contributed by atoms with Crippen LogP contribution in [0.25, 0.3) is 0 Å². The average molecular weight is 272 g/mol. The zero-order valence-corrected chi connectivity index (χ0v) is 12.4. The van der Waals surface area contributed by atoms with E-state index in [1.54, 1.807) is 0 Å². The number of nitrogens with zero attached hydrogens (tertiary/aromatic N) is 1. The molecule has 1 amide bonds. The Bertz CT molecular complexity index is 500. The van der Waals surface area contributed by atoms with Crippen LogP contribution in [0.1, 0.15) is 32.3 Å². The molecule has 1 aromatic carbocycles. The molecule has 3 atom stereocenters. The molecule has 3 unspecified atom stereocenters. The number of hydrogen-bond acceptors (Lipinski definition) is 2. The third-order valence-corrected chi connectivity index (χ3v) is 4.65. The maximum atomic E-state index is 12.9. The Balaban J connectivity index is 1.87. The summed E-state index contributed by atoms with van der Waals surface area (Å²) in [5.74, 6) is 1.23. The normalized spacial score (nSPS) is 29.9. The Hall–Kier alpha value is -1.35. The molecule has 0 aromatic heterocycles. The third-order valence-electron chi connectivity index (χ3n) is 4.65. The van der Waals surface area contributed by atoms with Crippen LogP contribution in [0.3, 0.4) is 0 Å². The number of nitrogens with one attached hydrogen (secondary N) is 1. The zero-order chi connectivity index (χ0) is 14.1. The topological polar surface area (TPSA) is 32.3 Å². The summed E-state index contributed by atoms with van der Waals surface area (Å²) in [4.78, 5) is 15.0. The monoisotopic (exact) mass is 272 g/mol. The number of fused-ring (bicyclic) bond motifs is 1. The third kappa shape index (κ3) is 2.47. The number of amides is 1. The highest BCUT2D eigenvalue weighted by atomic mass is 16.2. The Morgan fingerprint density at radius 3 is 2.90 bits per heavy atom. The van der Waals surface area contributed by atoms with Gasteiger partial charge in [-0.15, -0.1) is 0 Å². The smallest absolute Gasteiger partial charge is 0.244 e. The quantitative estimate of drug-likeness (QED) is 0.852. The largest absolute Gasteiger partial charge is 0.311 e. The van der Waals surface area contributed by atoms with Gasteiger partial charge in [0.15, 0.2) is 0 Å². The first kappa shape index (κ1) is 13.6. The van der Waals surface area contributed by atoms with Crippen molar-refractivity contribution in [2.75, 3.05) is 18.0 Å². The fourth-order valence-corrected chi connectivity index (χ4v) is 3.55. The lowest BCUT2D eigenvalue weighted by Crippen LogP contribution is -2.54. The van der Waals surface area contributed by atoms with Crippen LogP contribution in [0, 0.1) is 11.8 Å². The first-order valence-corrected chi connectivity index (χ1v) is 7.79. The number of anilines is 1.